The molecule has 2 heterocycles. The summed E-state index contributed by atoms with van der Waals surface area (Å²) in [7, 11) is 0. The Balaban J connectivity index is 1.81. The number of fused-ring (bicyclic) bond motifs is 3. The quantitative estimate of drug-likeness (QED) is 0.750. The molecule has 1 N–H and O–H groups in total. The first-order valence-corrected chi connectivity index (χ1v) is 9.80. The van der Waals surface area contributed by atoms with Gasteiger partial charge >= 0.3 is 0 Å². The molecule has 0 saturated carbocycles. The fourth-order valence-corrected chi connectivity index (χ4v) is 4.65. The second-order valence-electron chi connectivity index (χ2n) is 7.89. The number of nitrogens with one attached hydrogen (secondary N) is 1. The highest BCUT2D eigenvalue weighted by atomic mass is 79.9. The maximum Gasteiger partial charge on any atom is 0.120 e. The van der Waals surface area contributed by atoms with E-state index >= 15 is 0 Å². The van der Waals surface area contributed by atoms with Crippen molar-refractivity contribution in [1.29, 1.82) is 0 Å². The van der Waals surface area contributed by atoms with E-state index in [1.165, 1.54) is 16.8 Å². The van der Waals surface area contributed by atoms with Crippen LogP contribution in [0, 0.1) is 5.92 Å². The summed E-state index contributed by atoms with van der Waals surface area (Å²) in [5.41, 5.74) is 3.83. The molecule has 2 aromatic rings. The van der Waals surface area contributed by atoms with Crippen LogP contribution in [0.2, 0.25) is 0 Å². The summed E-state index contributed by atoms with van der Waals surface area (Å²) in [6, 6.07) is 17.4. The van der Waals surface area contributed by atoms with Gasteiger partial charge in [-0.05, 0) is 41.3 Å². The molecule has 2 aliphatic rings. The van der Waals surface area contributed by atoms with Gasteiger partial charge in [-0.15, -0.1) is 0 Å². The molecule has 0 radical (unpaired) electrons. The maximum atomic E-state index is 3.89. The predicted molar refractivity (Wildman–Crippen MR) is 110 cm³/mol. The third-order valence-electron chi connectivity index (χ3n) is 5.85. The summed E-state index contributed by atoms with van der Waals surface area (Å²) in [6.45, 7) is 9.17. The van der Waals surface area contributed by atoms with Crippen molar-refractivity contribution in [1.82, 2.24) is 5.32 Å². The molecule has 4 rings (SSSR count). The molecule has 25 heavy (non-hydrogen) atoms. The average molecular weight is 397 g/mol. The van der Waals surface area contributed by atoms with E-state index < -0.39 is 0 Å². The van der Waals surface area contributed by atoms with Gasteiger partial charge in [0.25, 0.3) is 0 Å². The van der Waals surface area contributed by atoms with Crippen molar-refractivity contribution in [2.24, 2.45) is 5.92 Å². The van der Waals surface area contributed by atoms with E-state index in [2.05, 4.69) is 108 Å². The number of halogens is 1. The minimum absolute atomic E-state index is 0.00437. The van der Waals surface area contributed by atoms with Crippen molar-refractivity contribution in [3.8, 4) is 0 Å². The number of para-hydroxylation sites is 1. The number of hydrogen-bond donors (Lipinski definition) is 1. The minimum atomic E-state index is -0.184. The number of hydrogen-bond acceptors (Lipinski definition) is 2. The molecule has 3 heteroatoms. The van der Waals surface area contributed by atoms with E-state index in [0.29, 0.717) is 5.92 Å². The van der Waals surface area contributed by atoms with E-state index in [1.54, 1.807) is 0 Å². The predicted octanol–water partition coefficient (Wildman–Crippen LogP) is 5.20. The van der Waals surface area contributed by atoms with E-state index in [-0.39, 0.29) is 11.1 Å². The van der Waals surface area contributed by atoms with Crippen molar-refractivity contribution < 1.29 is 0 Å². The van der Waals surface area contributed by atoms with Gasteiger partial charge in [-0.3, -0.25) is 5.32 Å². The van der Waals surface area contributed by atoms with Gasteiger partial charge in [-0.1, -0.05) is 73.1 Å². The third-order valence-corrected chi connectivity index (χ3v) is 6.38. The largest absolute Gasteiger partial charge is 0.349 e. The number of rotatable bonds is 2. The summed E-state index contributed by atoms with van der Waals surface area (Å²) < 4.78 is 1.11. The first-order chi connectivity index (χ1) is 11.9. The third kappa shape index (κ3) is 2.56. The molecule has 1 saturated heterocycles. The number of nitrogens with zero attached hydrogens (tertiary/aromatic N) is 1. The Bertz CT molecular complexity index is 809. The van der Waals surface area contributed by atoms with Crippen LogP contribution in [-0.4, -0.2) is 18.8 Å². The molecule has 2 aromatic carbocycles. The second kappa shape index (κ2) is 6.00. The normalized spacial score (nSPS) is 27.4. The molecule has 0 amide bonds. The summed E-state index contributed by atoms with van der Waals surface area (Å²) in [6.07, 6.45) is 4.64. The van der Waals surface area contributed by atoms with Gasteiger partial charge in [-0.2, -0.15) is 0 Å². The van der Waals surface area contributed by atoms with E-state index in [1.807, 2.05) is 0 Å². The zero-order valence-corrected chi connectivity index (χ0v) is 16.7. The van der Waals surface area contributed by atoms with Gasteiger partial charge in [-0.25, -0.2) is 0 Å². The van der Waals surface area contributed by atoms with Crippen molar-refractivity contribution >= 4 is 27.7 Å². The minimum Gasteiger partial charge on any atom is -0.349 e. The molecule has 130 valence electrons. The molecule has 0 aliphatic carbocycles. The highest BCUT2D eigenvalue weighted by Crippen LogP contribution is 2.52. The Morgan fingerprint density at radius 2 is 1.84 bits per heavy atom. The number of anilines is 1. The summed E-state index contributed by atoms with van der Waals surface area (Å²) in [4.78, 5) is 2.58. The molecular formula is C22H25BrN2. The SMILES string of the molecule is C[C@@H]1CN[C@@]2(/C=C/c3ccc(Br)cc3)N(C1)c1ccccc1C2(C)C. The average Bonchev–Trinajstić information content (AvgIpc) is 2.80. The smallest absolute Gasteiger partial charge is 0.120 e. The first-order valence-electron chi connectivity index (χ1n) is 9.01. The van der Waals surface area contributed by atoms with Gasteiger partial charge in [0.2, 0.25) is 0 Å². The van der Waals surface area contributed by atoms with Crippen LogP contribution in [-0.2, 0) is 5.41 Å². The lowest BCUT2D eigenvalue weighted by atomic mass is 9.74. The molecule has 0 bridgehead atoms. The molecule has 0 aromatic heterocycles. The lowest BCUT2D eigenvalue weighted by molar-refractivity contribution is 0.213. The molecule has 0 spiro atoms. The van der Waals surface area contributed by atoms with E-state index in [0.717, 1.165) is 17.6 Å². The lowest BCUT2D eigenvalue weighted by Crippen LogP contribution is -2.68. The van der Waals surface area contributed by atoms with Crippen molar-refractivity contribution in [2.75, 3.05) is 18.0 Å². The molecule has 2 nitrogen and oxygen atoms in total. The van der Waals surface area contributed by atoms with Gasteiger partial charge in [0, 0.05) is 28.7 Å². The Morgan fingerprint density at radius 3 is 2.60 bits per heavy atom. The van der Waals surface area contributed by atoms with Crippen molar-refractivity contribution in [3.05, 3.63) is 70.2 Å². The van der Waals surface area contributed by atoms with Crippen LogP contribution >= 0.6 is 15.9 Å². The maximum absolute atomic E-state index is 3.89. The lowest BCUT2D eigenvalue weighted by Gasteiger charge is -2.51. The Hall–Kier alpha value is -1.58. The topological polar surface area (TPSA) is 15.3 Å². The fraction of sp³-hybridized carbons (Fsp3) is 0.364. The van der Waals surface area contributed by atoms with Crippen LogP contribution in [0.15, 0.2) is 59.1 Å². The first kappa shape index (κ1) is 16.9. The standard InChI is InChI=1S/C22H25BrN2/c1-16-14-24-22(13-12-17-8-10-18(23)11-9-17)21(2,3)19-6-4-5-7-20(19)25(22)15-16/h4-13,16,24H,14-15H2,1-3H3/b13-12+/t16-,22+/m1/s1. The zero-order valence-electron chi connectivity index (χ0n) is 15.1. The van der Waals surface area contributed by atoms with Gasteiger partial charge in [0.15, 0.2) is 0 Å². The number of benzene rings is 2. The van der Waals surface area contributed by atoms with Crippen LogP contribution in [0.1, 0.15) is 31.9 Å². The molecule has 1 fully saturated rings. The molecular weight excluding hydrogens is 372 g/mol. The van der Waals surface area contributed by atoms with Gasteiger partial charge in [0.05, 0.1) is 0 Å². The fourth-order valence-electron chi connectivity index (χ4n) is 4.38. The van der Waals surface area contributed by atoms with Gasteiger partial charge in [0.1, 0.15) is 5.66 Å². The Labute approximate surface area is 159 Å². The van der Waals surface area contributed by atoms with Crippen molar-refractivity contribution in [2.45, 2.75) is 31.8 Å². The summed E-state index contributed by atoms with van der Waals surface area (Å²) in [5, 5.41) is 3.89. The van der Waals surface area contributed by atoms with Crippen molar-refractivity contribution in [3.63, 3.8) is 0 Å². The van der Waals surface area contributed by atoms with Crippen LogP contribution in [0.5, 0.6) is 0 Å². The van der Waals surface area contributed by atoms with Gasteiger partial charge < -0.3 is 4.90 Å². The second-order valence-corrected chi connectivity index (χ2v) is 8.81. The van der Waals surface area contributed by atoms with E-state index in [4.69, 9.17) is 0 Å². The van der Waals surface area contributed by atoms with Crippen LogP contribution in [0.3, 0.4) is 0 Å². The molecule has 2 atom stereocenters. The van der Waals surface area contributed by atoms with Crippen LogP contribution in [0.25, 0.3) is 6.08 Å². The summed E-state index contributed by atoms with van der Waals surface area (Å²) >= 11 is 3.52. The Kier molecular flexibility index (Phi) is 4.04. The molecule has 2 aliphatic heterocycles. The molecule has 0 unspecified atom stereocenters. The monoisotopic (exact) mass is 396 g/mol. The van der Waals surface area contributed by atoms with Crippen LogP contribution in [0.4, 0.5) is 5.69 Å². The highest BCUT2D eigenvalue weighted by molar-refractivity contribution is 9.10. The zero-order chi connectivity index (χ0) is 17.7. The highest BCUT2D eigenvalue weighted by Gasteiger charge is 2.56. The van der Waals surface area contributed by atoms with Crippen LogP contribution < -0.4 is 10.2 Å². The van der Waals surface area contributed by atoms with E-state index in [9.17, 15) is 0 Å². The Morgan fingerprint density at radius 1 is 1.12 bits per heavy atom. The summed E-state index contributed by atoms with van der Waals surface area (Å²) in [5.74, 6) is 0.635.